The Labute approximate surface area is 103 Å². The van der Waals surface area contributed by atoms with Crippen molar-refractivity contribution >= 4 is 5.82 Å². The molecule has 0 bridgehead atoms. The molecule has 0 spiro atoms. The molecule has 1 aromatic heterocycles. The van der Waals surface area contributed by atoms with E-state index in [1.165, 1.54) is 6.42 Å². The Hall–Kier alpha value is -1.13. The van der Waals surface area contributed by atoms with Crippen LogP contribution in [-0.2, 0) is 4.74 Å². The van der Waals surface area contributed by atoms with Crippen molar-refractivity contribution in [3.05, 3.63) is 23.9 Å². The summed E-state index contributed by atoms with van der Waals surface area (Å²) in [6.07, 6.45) is 5.10. The topological polar surface area (TPSA) is 60.2 Å². The van der Waals surface area contributed by atoms with E-state index in [4.69, 9.17) is 10.5 Å². The molecule has 3 N–H and O–H groups in total. The molecule has 2 rings (SSSR count). The van der Waals surface area contributed by atoms with Gasteiger partial charge in [0.15, 0.2) is 0 Å². The van der Waals surface area contributed by atoms with E-state index in [1.807, 2.05) is 12.1 Å². The summed E-state index contributed by atoms with van der Waals surface area (Å²) in [5.74, 6) is 0.599. The van der Waals surface area contributed by atoms with E-state index < -0.39 is 0 Å². The van der Waals surface area contributed by atoms with E-state index >= 15 is 0 Å². The first-order chi connectivity index (χ1) is 8.23. The average molecular weight is 235 g/mol. The third kappa shape index (κ3) is 2.15. The normalized spacial score (nSPS) is 19.6. The summed E-state index contributed by atoms with van der Waals surface area (Å²) in [6.45, 7) is 2.99. The fraction of sp³-hybridized carbons (Fsp3) is 0.615. The lowest BCUT2D eigenvalue weighted by atomic mass is 9.72. The zero-order valence-electron chi connectivity index (χ0n) is 10.6. The lowest BCUT2D eigenvalue weighted by molar-refractivity contribution is -0.0994. The van der Waals surface area contributed by atoms with Gasteiger partial charge in [0.1, 0.15) is 5.82 Å². The number of nitrogens with one attached hydrogen (secondary N) is 1. The monoisotopic (exact) mass is 235 g/mol. The number of ether oxygens (including phenoxy) is 1. The van der Waals surface area contributed by atoms with E-state index in [2.05, 4.69) is 17.2 Å². The highest BCUT2D eigenvalue weighted by atomic mass is 16.5. The molecule has 4 nitrogen and oxygen atoms in total. The van der Waals surface area contributed by atoms with E-state index in [1.54, 1.807) is 13.3 Å². The van der Waals surface area contributed by atoms with Gasteiger partial charge in [0, 0.05) is 18.9 Å². The molecule has 1 saturated carbocycles. The summed E-state index contributed by atoms with van der Waals surface area (Å²) in [5.41, 5.74) is 6.92. The molecule has 1 atom stereocenters. The van der Waals surface area contributed by atoms with Gasteiger partial charge in [-0.05, 0) is 31.9 Å². The molecule has 0 aromatic carbocycles. The zero-order valence-corrected chi connectivity index (χ0v) is 10.6. The van der Waals surface area contributed by atoms with Crippen LogP contribution < -0.4 is 11.1 Å². The molecule has 0 amide bonds. The Morgan fingerprint density at radius 1 is 1.59 bits per heavy atom. The Morgan fingerprint density at radius 2 is 2.35 bits per heavy atom. The minimum absolute atomic E-state index is 0.104. The molecule has 17 heavy (non-hydrogen) atoms. The molecular formula is C13H21N3O. The highest BCUT2D eigenvalue weighted by Crippen LogP contribution is 2.45. The number of pyridine rings is 1. The van der Waals surface area contributed by atoms with Crippen LogP contribution in [-0.4, -0.2) is 24.2 Å². The van der Waals surface area contributed by atoms with Crippen molar-refractivity contribution in [1.82, 2.24) is 10.3 Å². The molecule has 1 aromatic rings. The first-order valence-corrected chi connectivity index (χ1v) is 6.22. The second-order valence-corrected chi connectivity index (χ2v) is 4.59. The van der Waals surface area contributed by atoms with Crippen LogP contribution in [0.2, 0.25) is 0 Å². The zero-order chi connectivity index (χ0) is 12.3. The molecule has 4 heteroatoms. The van der Waals surface area contributed by atoms with Crippen LogP contribution in [0.25, 0.3) is 0 Å². The Morgan fingerprint density at radius 3 is 2.82 bits per heavy atom. The molecular weight excluding hydrogens is 214 g/mol. The first kappa shape index (κ1) is 12.3. The van der Waals surface area contributed by atoms with Gasteiger partial charge in [-0.1, -0.05) is 13.0 Å². The lowest BCUT2D eigenvalue weighted by Crippen LogP contribution is -2.50. The highest BCUT2D eigenvalue weighted by Gasteiger charge is 2.45. The van der Waals surface area contributed by atoms with Gasteiger partial charge >= 0.3 is 0 Å². The van der Waals surface area contributed by atoms with Crippen molar-refractivity contribution in [3.63, 3.8) is 0 Å². The number of rotatable bonds is 5. The minimum Gasteiger partial charge on any atom is -0.383 e. The van der Waals surface area contributed by atoms with Crippen molar-refractivity contribution in [2.75, 3.05) is 19.4 Å². The second-order valence-electron chi connectivity index (χ2n) is 4.59. The quantitative estimate of drug-likeness (QED) is 0.818. The molecule has 94 valence electrons. The number of methoxy groups -OCH3 is 1. The van der Waals surface area contributed by atoms with Crippen LogP contribution >= 0.6 is 0 Å². The predicted octanol–water partition coefficient (Wildman–Crippen LogP) is 1.88. The van der Waals surface area contributed by atoms with Gasteiger partial charge in [-0.25, -0.2) is 4.98 Å². The second kappa shape index (κ2) is 5.02. The molecule has 1 aliphatic carbocycles. The molecule has 1 heterocycles. The summed E-state index contributed by atoms with van der Waals surface area (Å²) in [4.78, 5) is 4.17. The number of nitrogens with two attached hydrogens (primary N) is 1. The number of aromatic nitrogens is 1. The maximum absolute atomic E-state index is 5.98. The number of hydrogen-bond acceptors (Lipinski definition) is 4. The van der Waals surface area contributed by atoms with Crippen molar-refractivity contribution in [1.29, 1.82) is 0 Å². The number of nitrogen functional groups attached to an aromatic ring is 1. The van der Waals surface area contributed by atoms with Gasteiger partial charge in [0.2, 0.25) is 0 Å². The third-order valence-corrected chi connectivity index (χ3v) is 3.72. The molecule has 1 aliphatic rings. The van der Waals surface area contributed by atoms with Crippen LogP contribution in [0.5, 0.6) is 0 Å². The summed E-state index contributed by atoms with van der Waals surface area (Å²) in [7, 11) is 1.79. The van der Waals surface area contributed by atoms with E-state index in [0.717, 1.165) is 24.9 Å². The van der Waals surface area contributed by atoms with Crippen LogP contribution in [0.1, 0.15) is 37.8 Å². The van der Waals surface area contributed by atoms with Crippen molar-refractivity contribution < 1.29 is 4.74 Å². The standard InChI is InChI=1S/C13H21N3O/c1-3-15-11(13(17-2)7-5-8-13)10-6-4-9-16-12(10)14/h4,6,9,11,15H,3,5,7-8H2,1-2H3,(H2,14,16). The largest absolute Gasteiger partial charge is 0.383 e. The van der Waals surface area contributed by atoms with Gasteiger partial charge in [0.25, 0.3) is 0 Å². The summed E-state index contributed by atoms with van der Waals surface area (Å²) < 4.78 is 5.75. The van der Waals surface area contributed by atoms with Gasteiger partial charge in [-0.15, -0.1) is 0 Å². The smallest absolute Gasteiger partial charge is 0.128 e. The van der Waals surface area contributed by atoms with Crippen LogP contribution in [0.4, 0.5) is 5.82 Å². The summed E-state index contributed by atoms with van der Waals surface area (Å²) >= 11 is 0. The Kier molecular flexibility index (Phi) is 3.64. The fourth-order valence-corrected chi connectivity index (χ4v) is 2.59. The number of nitrogens with zero attached hydrogens (tertiary/aromatic N) is 1. The Bertz CT molecular complexity index is 371. The van der Waals surface area contributed by atoms with Crippen LogP contribution in [0.15, 0.2) is 18.3 Å². The van der Waals surface area contributed by atoms with Gasteiger partial charge in [0.05, 0.1) is 11.6 Å². The first-order valence-electron chi connectivity index (χ1n) is 6.22. The SMILES string of the molecule is CCNC(c1cccnc1N)C1(OC)CCC1. The van der Waals surface area contributed by atoms with Crippen LogP contribution in [0.3, 0.4) is 0 Å². The van der Waals surface area contributed by atoms with Crippen molar-refractivity contribution in [2.24, 2.45) is 0 Å². The number of hydrogen-bond donors (Lipinski definition) is 2. The predicted molar refractivity (Wildman–Crippen MR) is 68.7 cm³/mol. The number of anilines is 1. The molecule has 0 aliphatic heterocycles. The van der Waals surface area contributed by atoms with E-state index in [9.17, 15) is 0 Å². The fourth-order valence-electron chi connectivity index (χ4n) is 2.59. The molecule has 0 saturated heterocycles. The van der Waals surface area contributed by atoms with Crippen molar-refractivity contribution in [3.8, 4) is 0 Å². The van der Waals surface area contributed by atoms with E-state index in [-0.39, 0.29) is 11.6 Å². The summed E-state index contributed by atoms with van der Waals surface area (Å²) in [6, 6.07) is 4.10. The maximum Gasteiger partial charge on any atom is 0.128 e. The van der Waals surface area contributed by atoms with Gasteiger partial charge < -0.3 is 15.8 Å². The summed E-state index contributed by atoms with van der Waals surface area (Å²) in [5, 5.41) is 3.49. The van der Waals surface area contributed by atoms with Gasteiger partial charge in [-0.2, -0.15) is 0 Å². The maximum atomic E-state index is 5.98. The number of likely N-dealkylation sites (N-methyl/N-ethyl adjacent to an activating group) is 1. The Balaban J connectivity index is 2.32. The van der Waals surface area contributed by atoms with Crippen LogP contribution in [0, 0.1) is 0 Å². The third-order valence-electron chi connectivity index (χ3n) is 3.72. The highest BCUT2D eigenvalue weighted by molar-refractivity contribution is 5.42. The van der Waals surface area contributed by atoms with E-state index in [0.29, 0.717) is 5.82 Å². The lowest BCUT2D eigenvalue weighted by Gasteiger charge is -2.47. The molecule has 1 fully saturated rings. The molecule has 0 radical (unpaired) electrons. The van der Waals surface area contributed by atoms with Crippen molar-refractivity contribution in [2.45, 2.75) is 37.8 Å². The minimum atomic E-state index is -0.104. The molecule has 1 unspecified atom stereocenters. The van der Waals surface area contributed by atoms with Gasteiger partial charge in [-0.3, -0.25) is 0 Å². The average Bonchev–Trinajstić information content (AvgIpc) is 2.28.